The Kier molecular flexibility index (Phi) is 4.37. The Morgan fingerprint density at radius 3 is 2.88 bits per heavy atom. The third kappa shape index (κ3) is 3.70. The number of hydrogen-bond donors (Lipinski definition) is 2. The number of aromatic nitrogens is 1. The first-order valence-corrected chi connectivity index (χ1v) is 6.69. The van der Waals surface area contributed by atoms with Gasteiger partial charge >= 0.3 is 0 Å². The van der Waals surface area contributed by atoms with Gasteiger partial charge in [0, 0.05) is 18.8 Å². The second-order valence-corrected chi connectivity index (χ2v) is 5.25. The molecule has 17 heavy (non-hydrogen) atoms. The predicted molar refractivity (Wildman–Crippen MR) is 72.2 cm³/mol. The molecule has 0 radical (unpaired) electrons. The van der Waals surface area contributed by atoms with Gasteiger partial charge in [0.1, 0.15) is 5.82 Å². The molecule has 0 amide bonds. The van der Waals surface area contributed by atoms with Crippen LogP contribution in [0.2, 0.25) is 0 Å². The Morgan fingerprint density at radius 1 is 1.41 bits per heavy atom. The van der Waals surface area contributed by atoms with Crippen LogP contribution in [0.5, 0.6) is 0 Å². The zero-order valence-electron chi connectivity index (χ0n) is 10.9. The molecule has 0 saturated carbocycles. The van der Waals surface area contributed by atoms with Gasteiger partial charge in [0.05, 0.1) is 0 Å². The third-order valence-electron chi connectivity index (χ3n) is 3.19. The van der Waals surface area contributed by atoms with E-state index >= 15 is 0 Å². The number of piperidine rings is 1. The van der Waals surface area contributed by atoms with Crippen LogP contribution in [0, 0.1) is 5.92 Å². The molecule has 2 heterocycles. The fourth-order valence-electron chi connectivity index (χ4n) is 2.16. The van der Waals surface area contributed by atoms with Crippen molar-refractivity contribution in [3.05, 3.63) is 23.9 Å². The largest absolute Gasteiger partial charge is 0.370 e. The lowest BCUT2D eigenvalue weighted by molar-refractivity contribution is 0.411. The van der Waals surface area contributed by atoms with Gasteiger partial charge in [-0.2, -0.15) is 0 Å². The summed E-state index contributed by atoms with van der Waals surface area (Å²) in [6, 6.07) is 4.79. The van der Waals surface area contributed by atoms with Crippen molar-refractivity contribution >= 4 is 5.82 Å². The van der Waals surface area contributed by atoms with Crippen molar-refractivity contribution < 1.29 is 0 Å². The molecule has 0 aliphatic carbocycles. The average Bonchev–Trinajstić information content (AvgIpc) is 2.38. The second kappa shape index (κ2) is 6.01. The zero-order chi connectivity index (χ0) is 12.1. The minimum Gasteiger partial charge on any atom is -0.370 e. The van der Waals surface area contributed by atoms with Gasteiger partial charge in [-0.25, -0.2) is 4.98 Å². The van der Waals surface area contributed by atoms with Crippen LogP contribution in [0.3, 0.4) is 0 Å². The van der Waals surface area contributed by atoms with Crippen molar-refractivity contribution in [2.75, 3.05) is 18.4 Å². The highest BCUT2D eigenvalue weighted by atomic mass is 15.0. The molecule has 2 N–H and O–H groups in total. The summed E-state index contributed by atoms with van der Waals surface area (Å²) in [6.07, 6.45) is 5.87. The summed E-state index contributed by atoms with van der Waals surface area (Å²) < 4.78 is 0. The summed E-state index contributed by atoms with van der Waals surface area (Å²) in [5, 5.41) is 6.89. The number of nitrogens with zero attached hydrogens (tertiary/aromatic N) is 1. The molecular formula is C14H23N3. The van der Waals surface area contributed by atoms with Gasteiger partial charge in [0.25, 0.3) is 0 Å². The number of nitrogens with one attached hydrogen (secondary N) is 2. The summed E-state index contributed by atoms with van der Waals surface area (Å²) in [4.78, 5) is 4.47. The maximum atomic E-state index is 4.47. The van der Waals surface area contributed by atoms with Crippen LogP contribution in [0.4, 0.5) is 5.82 Å². The quantitative estimate of drug-likeness (QED) is 0.839. The molecule has 94 valence electrons. The lowest BCUT2D eigenvalue weighted by Gasteiger charge is -2.23. The van der Waals surface area contributed by atoms with Crippen LogP contribution in [0.1, 0.15) is 44.7 Å². The van der Waals surface area contributed by atoms with Gasteiger partial charge in [-0.1, -0.05) is 26.3 Å². The standard InChI is InChI=1S/C14H23N3/c1-11(2)9-16-14-7-6-12(10-17-14)13-5-3-4-8-15-13/h6-7,10-11,13,15H,3-5,8-9H2,1-2H3,(H,16,17). The van der Waals surface area contributed by atoms with E-state index in [4.69, 9.17) is 0 Å². The van der Waals surface area contributed by atoms with Crippen molar-refractivity contribution in [1.82, 2.24) is 10.3 Å². The first-order valence-electron chi connectivity index (χ1n) is 6.69. The zero-order valence-corrected chi connectivity index (χ0v) is 10.9. The maximum absolute atomic E-state index is 4.47. The molecule has 0 aromatic carbocycles. The van der Waals surface area contributed by atoms with Crippen LogP contribution < -0.4 is 10.6 Å². The van der Waals surface area contributed by atoms with E-state index in [0.717, 1.165) is 18.9 Å². The Balaban J connectivity index is 1.92. The van der Waals surface area contributed by atoms with Crippen LogP contribution in [0.25, 0.3) is 0 Å². The van der Waals surface area contributed by atoms with Gasteiger partial charge in [-0.3, -0.25) is 0 Å². The first-order chi connectivity index (χ1) is 8.25. The molecular weight excluding hydrogens is 210 g/mol. The third-order valence-corrected chi connectivity index (χ3v) is 3.19. The molecule has 1 aromatic heterocycles. The molecule has 1 atom stereocenters. The van der Waals surface area contributed by atoms with Crippen LogP contribution >= 0.6 is 0 Å². The number of rotatable bonds is 4. The SMILES string of the molecule is CC(C)CNc1ccc(C2CCCCN2)cn1. The van der Waals surface area contributed by atoms with Crippen LogP contribution in [-0.4, -0.2) is 18.1 Å². The molecule has 1 aliphatic rings. The topological polar surface area (TPSA) is 37.0 Å². The molecule has 1 aromatic rings. The molecule has 1 unspecified atom stereocenters. The van der Waals surface area contributed by atoms with Gasteiger partial charge in [0.15, 0.2) is 0 Å². The van der Waals surface area contributed by atoms with Gasteiger partial charge < -0.3 is 10.6 Å². The van der Waals surface area contributed by atoms with Crippen molar-refractivity contribution in [1.29, 1.82) is 0 Å². The van der Waals surface area contributed by atoms with E-state index in [9.17, 15) is 0 Å². The minimum absolute atomic E-state index is 0.510. The van der Waals surface area contributed by atoms with Crippen LogP contribution in [0.15, 0.2) is 18.3 Å². The van der Waals surface area contributed by atoms with E-state index in [-0.39, 0.29) is 0 Å². The second-order valence-electron chi connectivity index (χ2n) is 5.25. The molecule has 2 rings (SSSR count). The first kappa shape index (κ1) is 12.4. The van der Waals surface area contributed by atoms with Gasteiger partial charge in [-0.15, -0.1) is 0 Å². The Hall–Kier alpha value is -1.09. The molecule has 3 nitrogen and oxygen atoms in total. The Labute approximate surface area is 104 Å². The Bertz CT molecular complexity index is 326. The highest BCUT2D eigenvalue weighted by molar-refractivity contribution is 5.36. The van der Waals surface area contributed by atoms with Crippen LogP contribution in [-0.2, 0) is 0 Å². The van der Waals surface area contributed by atoms with Crippen molar-refractivity contribution in [3.8, 4) is 0 Å². The lowest BCUT2D eigenvalue weighted by Crippen LogP contribution is -2.26. The predicted octanol–water partition coefficient (Wildman–Crippen LogP) is 2.96. The molecule has 1 aliphatic heterocycles. The minimum atomic E-state index is 0.510. The summed E-state index contributed by atoms with van der Waals surface area (Å²) in [7, 11) is 0. The van der Waals surface area contributed by atoms with Crippen molar-refractivity contribution in [2.45, 2.75) is 39.2 Å². The van der Waals surface area contributed by atoms with E-state index < -0.39 is 0 Å². The molecule has 3 heteroatoms. The average molecular weight is 233 g/mol. The monoisotopic (exact) mass is 233 g/mol. The van der Waals surface area contributed by atoms with E-state index in [1.165, 1.54) is 24.8 Å². The number of hydrogen-bond acceptors (Lipinski definition) is 3. The Morgan fingerprint density at radius 2 is 2.29 bits per heavy atom. The number of pyridine rings is 1. The van der Waals surface area contributed by atoms with Gasteiger partial charge in [-0.05, 0) is 36.9 Å². The smallest absolute Gasteiger partial charge is 0.125 e. The van der Waals surface area contributed by atoms with Crippen molar-refractivity contribution in [2.24, 2.45) is 5.92 Å². The van der Waals surface area contributed by atoms with Gasteiger partial charge in [0.2, 0.25) is 0 Å². The molecule has 1 fully saturated rings. The van der Waals surface area contributed by atoms with E-state index in [1.54, 1.807) is 0 Å². The summed E-state index contributed by atoms with van der Waals surface area (Å²) in [5.74, 6) is 1.63. The lowest BCUT2D eigenvalue weighted by atomic mass is 9.99. The molecule has 0 spiro atoms. The molecule has 0 bridgehead atoms. The normalized spacial score (nSPS) is 20.5. The van der Waals surface area contributed by atoms with E-state index in [0.29, 0.717) is 12.0 Å². The fourth-order valence-corrected chi connectivity index (χ4v) is 2.16. The summed E-state index contributed by atoms with van der Waals surface area (Å²) >= 11 is 0. The summed E-state index contributed by atoms with van der Waals surface area (Å²) in [5.41, 5.74) is 1.32. The molecule has 1 saturated heterocycles. The maximum Gasteiger partial charge on any atom is 0.125 e. The number of anilines is 1. The summed E-state index contributed by atoms with van der Waals surface area (Å²) in [6.45, 7) is 6.52. The van der Waals surface area contributed by atoms with E-state index in [1.807, 2.05) is 6.20 Å². The fraction of sp³-hybridized carbons (Fsp3) is 0.643. The highest BCUT2D eigenvalue weighted by Gasteiger charge is 2.14. The van der Waals surface area contributed by atoms with E-state index in [2.05, 4.69) is 41.6 Å². The highest BCUT2D eigenvalue weighted by Crippen LogP contribution is 2.22. The van der Waals surface area contributed by atoms with Crippen molar-refractivity contribution in [3.63, 3.8) is 0 Å².